The van der Waals surface area contributed by atoms with Crippen LogP contribution >= 0.6 is 23.1 Å². The van der Waals surface area contributed by atoms with E-state index in [9.17, 15) is 24.3 Å². The molecule has 7 unspecified atom stereocenters. The van der Waals surface area contributed by atoms with Gasteiger partial charge in [0.15, 0.2) is 0 Å². The lowest BCUT2D eigenvalue weighted by atomic mass is 9.68. The minimum absolute atomic E-state index is 0.00261. The highest BCUT2D eigenvalue weighted by Gasteiger charge is 2.69. The maximum Gasteiger partial charge on any atom is 0.326 e. The van der Waals surface area contributed by atoms with Crippen LogP contribution in [0.25, 0.3) is 0 Å². The van der Waals surface area contributed by atoms with Crippen molar-refractivity contribution in [3.8, 4) is 5.75 Å². The lowest BCUT2D eigenvalue weighted by Crippen LogP contribution is -2.42. The Morgan fingerprint density at radius 2 is 1.88 bits per heavy atom. The molecule has 2 bridgehead atoms. The number of phenolic OH excluding ortho intramolecular Hbond substituents is 1. The van der Waals surface area contributed by atoms with Gasteiger partial charge in [-0.2, -0.15) is 0 Å². The second-order valence-corrected chi connectivity index (χ2v) is 12.0. The third-order valence-corrected chi connectivity index (χ3v) is 10.3. The molecule has 2 aliphatic heterocycles. The van der Waals surface area contributed by atoms with E-state index in [1.807, 2.05) is 12.1 Å². The molecule has 34 heavy (non-hydrogen) atoms. The zero-order valence-corrected chi connectivity index (χ0v) is 20.2. The summed E-state index contributed by atoms with van der Waals surface area (Å²) >= 11 is 2.74. The molecule has 2 saturated carbocycles. The van der Waals surface area contributed by atoms with Crippen LogP contribution in [0, 0.1) is 29.6 Å². The number of imide groups is 1. The number of amides is 2. The number of para-hydroxylation sites is 1. The number of aromatic nitrogens is 1. The Labute approximate surface area is 203 Å². The van der Waals surface area contributed by atoms with E-state index in [1.54, 1.807) is 37.7 Å². The smallest absolute Gasteiger partial charge is 0.326 e. The standard InChI is InChI=1S/C24H24N2O6S2/c1-9(2)32-14(28)8-26-22(29)17-11-7-12(18(17)23(26)30)19-16(11)15(10-5-3-4-6-13(10)27)20-21(33-19)25-24(31)34-20/h3-6,9,11-12,15-19,27H,7-8H2,1-2H3,(H,25,31). The van der Waals surface area contributed by atoms with Crippen LogP contribution in [0.15, 0.2) is 34.1 Å². The van der Waals surface area contributed by atoms with Crippen molar-refractivity contribution in [3.05, 3.63) is 44.4 Å². The summed E-state index contributed by atoms with van der Waals surface area (Å²) in [5, 5.41) is 11.5. The molecule has 2 amide bonds. The Hall–Kier alpha value is -2.59. The molecule has 0 radical (unpaired) electrons. The minimum Gasteiger partial charge on any atom is -0.508 e. The summed E-state index contributed by atoms with van der Waals surface area (Å²) in [5.41, 5.74) is 0.743. The van der Waals surface area contributed by atoms with E-state index in [2.05, 4.69) is 4.98 Å². The number of likely N-dealkylation sites (tertiary alicyclic amines) is 1. The summed E-state index contributed by atoms with van der Waals surface area (Å²) in [6.07, 6.45) is 0.429. The topological polar surface area (TPSA) is 117 Å². The molecule has 1 aromatic heterocycles. The van der Waals surface area contributed by atoms with Gasteiger partial charge in [0.25, 0.3) is 0 Å². The minimum atomic E-state index is -0.581. The van der Waals surface area contributed by atoms with Gasteiger partial charge in [0.1, 0.15) is 12.3 Å². The van der Waals surface area contributed by atoms with Crippen LogP contribution in [0.1, 0.15) is 36.6 Å². The Bertz CT molecular complexity index is 1270. The quantitative estimate of drug-likeness (QED) is 0.490. The van der Waals surface area contributed by atoms with Crippen molar-refractivity contribution in [1.82, 2.24) is 9.88 Å². The number of nitrogens with zero attached hydrogens (tertiary/aromatic N) is 1. The van der Waals surface area contributed by atoms with E-state index in [4.69, 9.17) is 4.74 Å². The number of nitrogens with one attached hydrogen (secondary N) is 1. The number of fused-ring (bicyclic) bond motifs is 9. The number of H-pyrrole nitrogens is 1. The molecule has 178 valence electrons. The van der Waals surface area contributed by atoms with Crippen LogP contribution in [-0.2, 0) is 19.1 Å². The average Bonchev–Trinajstić information content (AvgIpc) is 3.49. The molecule has 10 heteroatoms. The highest BCUT2D eigenvalue weighted by Crippen LogP contribution is 2.68. The molecule has 6 rings (SSSR count). The molecule has 2 aromatic rings. The first-order chi connectivity index (χ1) is 16.3. The van der Waals surface area contributed by atoms with Gasteiger partial charge >= 0.3 is 10.8 Å². The maximum absolute atomic E-state index is 13.4. The highest BCUT2D eigenvalue weighted by molar-refractivity contribution is 8.00. The number of aromatic amines is 1. The fraction of sp³-hybridized carbons (Fsp3) is 0.500. The molecular weight excluding hydrogens is 476 g/mol. The third-order valence-electron chi connectivity index (χ3n) is 7.74. The van der Waals surface area contributed by atoms with Gasteiger partial charge in [-0.3, -0.25) is 24.1 Å². The molecule has 3 fully saturated rings. The predicted molar refractivity (Wildman–Crippen MR) is 125 cm³/mol. The maximum atomic E-state index is 13.4. The van der Waals surface area contributed by atoms with Crippen LogP contribution in [0.2, 0.25) is 0 Å². The number of benzene rings is 1. The van der Waals surface area contributed by atoms with Gasteiger partial charge in [-0.1, -0.05) is 29.5 Å². The van der Waals surface area contributed by atoms with Gasteiger partial charge in [0.05, 0.1) is 23.0 Å². The van der Waals surface area contributed by atoms with Crippen molar-refractivity contribution in [2.24, 2.45) is 29.6 Å². The second kappa shape index (κ2) is 7.71. The molecule has 4 aliphatic rings. The number of rotatable bonds is 4. The Morgan fingerprint density at radius 1 is 1.18 bits per heavy atom. The molecule has 1 saturated heterocycles. The first-order valence-electron chi connectivity index (χ1n) is 11.5. The van der Waals surface area contributed by atoms with E-state index in [0.717, 1.165) is 38.1 Å². The summed E-state index contributed by atoms with van der Waals surface area (Å²) < 4.78 is 5.18. The van der Waals surface area contributed by atoms with Gasteiger partial charge in [-0.15, -0.1) is 11.8 Å². The van der Waals surface area contributed by atoms with Gasteiger partial charge in [0.2, 0.25) is 11.8 Å². The summed E-state index contributed by atoms with van der Waals surface area (Å²) in [7, 11) is 0. The molecule has 7 atom stereocenters. The third kappa shape index (κ3) is 3.04. The van der Waals surface area contributed by atoms with Gasteiger partial charge in [0, 0.05) is 21.6 Å². The monoisotopic (exact) mass is 500 g/mol. The largest absolute Gasteiger partial charge is 0.508 e. The number of ether oxygens (including phenoxy) is 1. The summed E-state index contributed by atoms with van der Waals surface area (Å²) in [6.45, 7) is 3.10. The van der Waals surface area contributed by atoms with E-state index in [1.165, 1.54) is 0 Å². The fourth-order valence-electron chi connectivity index (χ4n) is 6.76. The van der Waals surface area contributed by atoms with Crippen LogP contribution in [0.3, 0.4) is 0 Å². The summed E-state index contributed by atoms with van der Waals surface area (Å²) in [6, 6.07) is 7.14. The Balaban J connectivity index is 1.39. The molecule has 3 heterocycles. The van der Waals surface area contributed by atoms with E-state index < -0.39 is 17.8 Å². The van der Waals surface area contributed by atoms with Crippen molar-refractivity contribution in [2.45, 2.75) is 42.6 Å². The number of carbonyl (C=O) groups is 3. The summed E-state index contributed by atoms with van der Waals surface area (Å²) in [4.78, 5) is 56.0. The molecule has 8 nitrogen and oxygen atoms in total. The molecular formula is C24H24N2O6S2. The van der Waals surface area contributed by atoms with E-state index in [0.29, 0.717) is 0 Å². The Kier molecular flexibility index (Phi) is 4.97. The number of aromatic hydroxyl groups is 1. The average molecular weight is 501 g/mol. The van der Waals surface area contributed by atoms with E-state index >= 15 is 0 Å². The number of thioether (sulfide) groups is 1. The highest BCUT2D eigenvalue weighted by atomic mass is 32.2. The van der Waals surface area contributed by atoms with Crippen molar-refractivity contribution in [3.63, 3.8) is 0 Å². The number of thiazole rings is 1. The zero-order chi connectivity index (χ0) is 23.9. The SMILES string of the molecule is CC(C)OC(=O)CN1C(=O)C2C3CC(C2C1=O)C1C(c2ccccc2O)c2sc(=O)[nH]c2SC31. The van der Waals surface area contributed by atoms with E-state index in [-0.39, 0.29) is 64.0 Å². The zero-order valence-electron chi connectivity index (χ0n) is 18.6. The second-order valence-electron chi connectivity index (χ2n) is 9.82. The van der Waals surface area contributed by atoms with Gasteiger partial charge in [-0.25, -0.2) is 0 Å². The van der Waals surface area contributed by atoms with Crippen LogP contribution in [0.5, 0.6) is 5.75 Å². The number of hydrogen-bond acceptors (Lipinski definition) is 8. The fourth-order valence-corrected chi connectivity index (χ4v) is 9.64. The first-order valence-corrected chi connectivity index (χ1v) is 13.2. The molecule has 0 spiro atoms. The molecule has 1 aromatic carbocycles. The van der Waals surface area contributed by atoms with Crippen LogP contribution in [0.4, 0.5) is 0 Å². The van der Waals surface area contributed by atoms with Gasteiger partial charge < -0.3 is 14.8 Å². The first kappa shape index (κ1) is 21.9. The lowest BCUT2D eigenvalue weighted by molar-refractivity contribution is -0.155. The number of hydrogen-bond donors (Lipinski definition) is 2. The number of carbonyl (C=O) groups excluding carboxylic acids is 3. The number of phenols is 1. The van der Waals surface area contributed by atoms with Crippen molar-refractivity contribution in [1.29, 1.82) is 0 Å². The van der Waals surface area contributed by atoms with Crippen molar-refractivity contribution in [2.75, 3.05) is 6.54 Å². The normalized spacial score (nSPS) is 33.3. The lowest BCUT2D eigenvalue weighted by Gasteiger charge is -2.43. The Morgan fingerprint density at radius 3 is 2.59 bits per heavy atom. The number of esters is 1. The molecule has 2 N–H and O–H groups in total. The molecule has 2 aliphatic carbocycles. The van der Waals surface area contributed by atoms with Crippen molar-refractivity contribution < 1.29 is 24.2 Å². The summed E-state index contributed by atoms with van der Waals surface area (Å²) in [5.74, 6) is -2.25. The van der Waals surface area contributed by atoms with Crippen LogP contribution in [-0.4, -0.2) is 50.7 Å². The van der Waals surface area contributed by atoms with Crippen molar-refractivity contribution >= 4 is 40.9 Å². The van der Waals surface area contributed by atoms with Crippen LogP contribution < -0.4 is 4.87 Å². The predicted octanol–water partition coefficient (Wildman–Crippen LogP) is 2.57. The van der Waals surface area contributed by atoms with Gasteiger partial charge in [-0.05, 0) is 44.1 Å².